The Morgan fingerprint density at radius 1 is 0.844 bits per heavy atom. The number of carbonyl (C=O) groups excluding carboxylic acids is 2. The first-order chi connectivity index (χ1) is 15.5. The minimum atomic E-state index is -0.317. The molecule has 2 N–H and O–H groups in total. The number of hydrazone groups is 1. The number of hydrogen-bond donors (Lipinski definition) is 2. The first-order valence-electron chi connectivity index (χ1n) is 10.5. The second-order valence-electron chi connectivity index (χ2n) is 7.51. The van der Waals surface area contributed by atoms with Crippen molar-refractivity contribution in [3.63, 3.8) is 0 Å². The van der Waals surface area contributed by atoms with Crippen LogP contribution in [0.5, 0.6) is 0 Å². The van der Waals surface area contributed by atoms with E-state index in [1.54, 1.807) is 0 Å². The molecule has 0 fully saturated rings. The maximum atomic E-state index is 12.3. The van der Waals surface area contributed by atoms with Crippen LogP contribution in [0.15, 0.2) is 90.0 Å². The number of nitrogens with zero attached hydrogens (tertiary/aromatic N) is 1. The molecular weight excluding hydrogens is 398 g/mol. The fourth-order valence-electron chi connectivity index (χ4n) is 3.04. The van der Waals surface area contributed by atoms with Crippen molar-refractivity contribution in [3.05, 3.63) is 107 Å². The summed E-state index contributed by atoms with van der Waals surface area (Å²) in [5.74, 6) is -0.521. The summed E-state index contributed by atoms with van der Waals surface area (Å²) >= 11 is 0. The van der Waals surface area contributed by atoms with Gasteiger partial charge in [0.1, 0.15) is 0 Å². The fourth-order valence-corrected chi connectivity index (χ4v) is 3.04. The van der Waals surface area contributed by atoms with Gasteiger partial charge in [0.15, 0.2) is 0 Å². The molecule has 0 bridgehead atoms. The van der Waals surface area contributed by atoms with Crippen molar-refractivity contribution in [2.24, 2.45) is 5.10 Å². The van der Waals surface area contributed by atoms with Gasteiger partial charge >= 0.3 is 0 Å². The summed E-state index contributed by atoms with van der Waals surface area (Å²) in [7, 11) is 0. The van der Waals surface area contributed by atoms with Crippen molar-refractivity contribution in [1.29, 1.82) is 0 Å². The molecule has 0 heterocycles. The summed E-state index contributed by atoms with van der Waals surface area (Å²) in [5, 5.41) is 7.16. The second-order valence-corrected chi connectivity index (χ2v) is 7.51. The van der Waals surface area contributed by atoms with Crippen molar-refractivity contribution in [1.82, 2.24) is 5.43 Å². The molecule has 162 valence electrons. The molecule has 0 saturated carbocycles. The molecule has 0 radical (unpaired) electrons. The Balaban J connectivity index is 1.60. The van der Waals surface area contributed by atoms with Crippen LogP contribution in [0.4, 0.5) is 5.69 Å². The number of aryl methyl sites for hydroxylation is 2. The molecule has 0 aliphatic rings. The average Bonchev–Trinajstić information content (AvgIpc) is 2.81. The van der Waals surface area contributed by atoms with Gasteiger partial charge in [-0.15, -0.1) is 0 Å². The Bertz CT molecular complexity index is 1120. The highest BCUT2D eigenvalue weighted by Gasteiger charge is 2.09. The first kappa shape index (κ1) is 22.7. The minimum Gasteiger partial charge on any atom is -0.326 e. The van der Waals surface area contributed by atoms with Crippen molar-refractivity contribution in [2.45, 2.75) is 26.7 Å². The van der Waals surface area contributed by atoms with Crippen LogP contribution in [0.2, 0.25) is 0 Å². The van der Waals surface area contributed by atoms with E-state index in [2.05, 4.69) is 15.8 Å². The molecule has 0 saturated heterocycles. The van der Waals surface area contributed by atoms with Gasteiger partial charge < -0.3 is 5.32 Å². The maximum absolute atomic E-state index is 12.3. The third-order valence-corrected chi connectivity index (χ3v) is 4.85. The van der Waals surface area contributed by atoms with Gasteiger partial charge in [0.25, 0.3) is 0 Å². The number of nitrogens with one attached hydrogen (secondary N) is 2. The molecule has 0 atom stereocenters. The van der Waals surface area contributed by atoms with Gasteiger partial charge in [-0.1, -0.05) is 78.9 Å². The standard InChI is InChI=1S/C27H27N3O2/c1-20-13-14-21(2)25(19-20)28-26(31)17-18-27(32)30-29-24(23-11-7-4-8-12-23)16-15-22-9-5-3-6-10-22/h3-16,19H,17-18H2,1-2H3,(H,28,31)(H,30,32). The number of allylic oxidation sites excluding steroid dienone is 1. The van der Waals surface area contributed by atoms with Crippen LogP contribution >= 0.6 is 0 Å². The van der Waals surface area contributed by atoms with Crippen molar-refractivity contribution >= 4 is 29.3 Å². The molecule has 0 aromatic heterocycles. The fraction of sp³-hybridized carbons (Fsp3) is 0.148. The van der Waals surface area contributed by atoms with E-state index in [0.717, 1.165) is 27.9 Å². The summed E-state index contributed by atoms with van der Waals surface area (Å²) in [6.45, 7) is 3.90. The van der Waals surface area contributed by atoms with Crippen molar-refractivity contribution < 1.29 is 9.59 Å². The van der Waals surface area contributed by atoms with Crippen LogP contribution in [0.3, 0.4) is 0 Å². The smallest absolute Gasteiger partial charge is 0.240 e. The molecule has 0 aliphatic carbocycles. The molecule has 0 aliphatic heterocycles. The van der Waals surface area contributed by atoms with Crippen LogP contribution < -0.4 is 10.7 Å². The van der Waals surface area contributed by atoms with Crippen LogP contribution in [0.1, 0.15) is 35.1 Å². The summed E-state index contributed by atoms with van der Waals surface area (Å²) in [6.07, 6.45) is 3.92. The third kappa shape index (κ3) is 7.06. The van der Waals surface area contributed by atoms with Crippen LogP contribution in [0.25, 0.3) is 6.08 Å². The van der Waals surface area contributed by atoms with Crippen molar-refractivity contribution in [2.75, 3.05) is 5.32 Å². The van der Waals surface area contributed by atoms with Gasteiger partial charge in [-0.2, -0.15) is 5.10 Å². The lowest BCUT2D eigenvalue weighted by Crippen LogP contribution is -2.22. The summed E-state index contributed by atoms with van der Waals surface area (Å²) in [5.41, 5.74) is 7.93. The van der Waals surface area contributed by atoms with Crippen LogP contribution in [-0.4, -0.2) is 17.5 Å². The predicted molar refractivity (Wildman–Crippen MR) is 130 cm³/mol. The Kier molecular flexibility index (Phi) is 8.09. The lowest BCUT2D eigenvalue weighted by Gasteiger charge is -2.09. The summed E-state index contributed by atoms with van der Waals surface area (Å²) < 4.78 is 0. The lowest BCUT2D eigenvalue weighted by atomic mass is 10.1. The van der Waals surface area contributed by atoms with E-state index in [0.29, 0.717) is 5.71 Å². The van der Waals surface area contributed by atoms with Gasteiger partial charge in [-0.05, 0) is 42.7 Å². The Hall–Kier alpha value is -3.99. The molecule has 5 heteroatoms. The van der Waals surface area contributed by atoms with E-state index < -0.39 is 0 Å². The quantitative estimate of drug-likeness (QED) is 0.382. The van der Waals surface area contributed by atoms with Crippen LogP contribution in [-0.2, 0) is 9.59 Å². The van der Waals surface area contributed by atoms with E-state index in [1.165, 1.54) is 0 Å². The minimum absolute atomic E-state index is 0.0463. The molecule has 0 unspecified atom stereocenters. The average molecular weight is 426 g/mol. The number of hydrogen-bond acceptors (Lipinski definition) is 3. The maximum Gasteiger partial charge on any atom is 0.240 e. The van der Waals surface area contributed by atoms with Gasteiger partial charge in [-0.3, -0.25) is 9.59 Å². The van der Waals surface area contributed by atoms with E-state index in [9.17, 15) is 9.59 Å². The van der Waals surface area contributed by atoms with Gasteiger partial charge in [0, 0.05) is 24.1 Å². The van der Waals surface area contributed by atoms with Crippen molar-refractivity contribution in [3.8, 4) is 0 Å². The third-order valence-electron chi connectivity index (χ3n) is 4.85. The molecule has 3 rings (SSSR count). The zero-order valence-corrected chi connectivity index (χ0v) is 18.3. The largest absolute Gasteiger partial charge is 0.326 e. The highest BCUT2D eigenvalue weighted by molar-refractivity contribution is 6.11. The molecule has 2 amide bonds. The molecule has 0 spiro atoms. The summed E-state index contributed by atoms with van der Waals surface area (Å²) in [6, 6.07) is 25.4. The Morgan fingerprint density at radius 3 is 2.22 bits per heavy atom. The number of rotatable bonds is 8. The first-order valence-corrected chi connectivity index (χ1v) is 10.5. The number of benzene rings is 3. The zero-order valence-electron chi connectivity index (χ0n) is 18.3. The van der Waals surface area contributed by atoms with E-state index >= 15 is 0 Å². The normalized spacial score (nSPS) is 11.4. The Morgan fingerprint density at radius 2 is 1.50 bits per heavy atom. The predicted octanol–water partition coefficient (Wildman–Crippen LogP) is 5.26. The second kappa shape index (κ2) is 11.4. The van der Waals surface area contributed by atoms with Gasteiger partial charge in [0.2, 0.25) is 11.8 Å². The molecule has 3 aromatic rings. The van der Waals surface area contributed by atoms with E-state index in [1.807, 2.05) is 105 Å². The molecule has 5 nitrogen and oxygen atoms in total. The Labute approximate surface area is 188 Å². The number of anilines is 1. The van der Waals surface area contributed by atoms with Crippen LogP contribution in [0, 0.1) is 13.8 Å². The SMILES string of the molecule is Cc1ccc(C)c(NC(=O)CCC(=O)NN=C(C=Cc2ccccc2)c2ccccc2)c1. The van der Waals surface area contributed by atoms with E-state index in [-0.39, 0.29) is 24.7 Å². The van der Waals surface area contributed by atoms with Gasteiger partial charge in [-0.25, -0.2) is 5.43 Å². The lowest BCUT2D eigenvalue weighted by molar-refractivity contribution is -0.124. The molecular formula is C27H27N3O2. The molecule has 32 heavy (non-hydrogen) atoms. The monoisotopic (exact) mass is 425 g/mol. The highest BCUT2D eigenvalue weighted by atomic mass is 16.2. The summed E-state index contributed by atoms with van der Waals surface area (Å²) in [4.78, 5) is 24.6. The van der Waals surface area contributed by atoms with E-state index in [4.69, 9.17) is 0 Å². The highest BCUT2D eigenvalue weighted by Crippen LogP contribution is 2.16. The number of carbonyl (C=O) groups is 2. The van der Waals surface area contributed by atoms with Gasteiger partial charge in [0.05, 0.1) is 5.71 Å². The molecule has 3 aromatic carbocycles. The zero-order chi connectivity index (χ0) is 22.8. The topological polar surface area (TPSA) is 70.6 Å². The number of amides is 2.